The van der Waals surface area contributed by atoms with Crippen molar-refractivity contribution in [3.8, 4) is 11.3 Å². The summed E-state index contributed by atoms with van der Waals surface area (Å²) in [5.74, 6) is 1.30. The minimum absolute atomic E-state index is 0.534. The van der Waals surface area contributed by atoms with E-state index in [1.807, 2.05) is 45.3 Å². The van der Waals surface area contributed by atoms with Gasteiger partial charge in [-0.15, -0.1) is 0 Å². The van der Waals surface area contributed by atoms with E-state index in [1.54, 1.807) is 12.4 Å². The molecule has 0 saturated carbocycles. The Morgan fingerprint density at radius 3 is 2.73 bits per heavy atom. The Balaban J connectivity index is 1.71. The first-order valence-corrected chi connectivity index (χ1v) is 8.32. The van der Waals surface area contributed by atoms with Crippen LogP contribution in [0.5, 0.6) is 0 Å². The number of rotatable bonds is 4. The summed E-state index contributed by atoms with van der Waals surface area (Å²) in [4.78, 5) is 20.9. The highest BCUT2D eigenvalue weighted by Crippen LogP contribution is 2.28. The van der Waals surface area contributed by atoms with Crippen molar-refractivity contribution in [3.05, 3.63) is 54.2 Å². The molecular formula is C19H19N7. The fourth-order valence-corrected chi connectivity index (χ4v) is 2.87. The summed E-state index contributed by atoms with van der Waals surface area (Å²) in [7, 11) is 1.84. The number of pyridine rings is 2. The molecule has 0 aliphatic rings. The number of hydrogen-bond donors (Lipinski definition) is 3. The smallest absolute Gasteiger partial charge is 0.229 e. The molecule has 0 radical (unpaired) electrons. The van der Waals surface area contributed by atoms with Gasteiger partial charge in [0.25, 0.3) is 0 Å². The Morgan fingerprint density at radius 2 is 1.92 bits per heavy atom. The van der Waals surface area contributed by atoms with Gasteiger partial charge >= 0.3 is 0 Å². The molecule has 0 fully saturated rings. The molecule has 4 aromatic rings. The highest BCUT2D eigenvalue weighted by atomic mass is 15.1. The van der Waals surface area contributed by atoms with Gasteiger partial charge in [-0.05, 0) is 32.0 Å². The van der Waals surface area contributed by atoms with Gasteiger partial charge in [-0.2, -0.15) is 4.98 Å². The molecule has 130 valence electrons. The molecule has 4 heterocycles. The van der Waals surface area contributed by atoms with Crippen LogP contribution in [0.1, 0.15) is 11.4 Å². The molecule has 0 atom stereocenters. The van der Waals surface area contributed by atoms with Crippen LogP contribution in [0.2, 0.25) is 0 Å². The summed E-state index contributed by atoms with van der Waals surface area (Å²) in [6.07, 6.45) is 5.40. The molecule has 7 heteroatoms. The fourth-order valence-electron chi connectivity index (χ4n) is 2.87. The minimum atomic E-state index is 0.534. The van der Waals surface area contributed by atoms with E-state index < -0.39 is 0 Å². The normalized spacial score (nSPS) is 10.9. The first-order valence-electron chi connectivity index (χ1n) is 8.32. The van der Waals surface area contributed by atoms with E-state index in [9.17, 15) is 0 Å². The van der Waals surface area contributed by atoms with Crippen LogP contribution in [0.25, 0.3) is 22.2 Å². The molecule has 4 aromatic heterocycles. The third kappa shape index (κ3) is 3.06. The SMILES string of the molecule is CNc1cc(C)nc(Nc2cnc(C)c(-c3cc4ccncc4[nH]3)c2)n1. The maximum atomic E-state index is 4.52. The fraction of sp³-hybridized carbons (Fsp3) is 0.158. The van der Waals surface area contributed by atoms with Gasteiger partial charge < -0.3 is 15.6 Å². The van der Waals surface area contributed by atoms with Gasteiger partial charge in [-0.1, -0.05) is 0 Å². The average Bonchev–Trinajstić information content (AvgIpc) is 3.06. The summed E-state index contributed by atoms with van der Waals surface area (Å²) < 4.78 is 0. The van der Waals surface area contributed by atoms with Crippen LogP contribution in [0, 0.1) is 13.8 Å². The van der Waals surface area contributed by atoms with E-state index in [1.165, 1.54) is 0 Å². The van der Waals surface area contributed by atoms with Crippen molar-refractivity contribution >= 4 is 28.4 Å². The summed E-state index contributed by atoms with van der Waals surface area (Å²) in [6.45, 7) is 3.93. The summed E-state index contributed by atoms with van der Waals surface area (Å²) in [5, 5.41) is 7.40. The lowest BCUT2D eigenvalue weighted by Crippen LogP contribution is -2.03. The maximum Gasteiger partial charge on any atom is 0.229 e. The molecule has 0 spiro atoms. The Kier molecular flexibility index (Phi) is 3.96. The number of nitrogens with one attached hydrogen (secondary N) is 3. The molecule has 0 aliphatic carbocycles. The number of aromatic amines is 1. The minimum Gasteiger partial charge on any atom is -0.373 e. The molecule has 0 bridgehead atoms. The highest BCUT2D eigenvalue weighted by molar-refractivity contribution is 5.86. The van der Waals surface area contributed by atoms with Crippen molar-refractivity contribution in [1.82, 2.24) is 24.9 Å². The van der Waals surface area contributed by atoms with Crippen molar-refractivity contribution in [3.63, 3.8) is 0 Å². The topological polar surface area (TPSA) is 91.4 Å². The second-order valence-corrected chi connectivity index (χ2v) is 6.10. The van der Waals surface area contributed by atoms with Gasteiger partial charge in [0.15, 0.2) is 0 Å². The second-order valence-electron chi connectivity index (χ2n) is 6.10. The number of aromatic nitrogens is 5. The first kappa shape index (κ1) is 16.0. The standard InChI is InChI=1S/C19H19N7/c1-11-6-18(20-3)26-19(23-11)24-14-8-15(12(2)22-9-14)16-7-13-4-5-21-10-17(13)25-16/h4-10,25H,1-3H3,(H2,20,23,24,26). The Hall–Kier alpha value is -3.48. The zero-order chi connectivity index (χ0) is 18.1. The summed E-state index contributed by atoms with van der Waals surface area (Å²) in [5.41, 5.74) is 5.68. The number of anilines is 3. The largest absolute Gasteiger partial charge is 0.373 e. The van der Waals surface area contributed by atoms with Gasteiger partial charge in [0.1, 0.15) is 5.82 Å². The molecule has 3 N–H and O–H groups in total. The highest BCUT2D eigenvalue weighted by Gasteiger charge is 2.10. The molecule has 0 saturated heterocycles. The third-order valence-electron chi connectivity index (χ3n) is 4.17. The molecule has 0 aliphatic heterocycles. The Bertz CT molecular complexity index is 1050. The van der Waals surface area contributed by atoms with Crippen molar-refractivity contribution in [2.75, 3.05) is 17.7 Å². The molecular weight excluding hydrogens is 326 g/mol. The van der Waals surface area contributed by atoms with Crippen LogP contribution < -0.4 is 10.6 Å². The van der Waals surface area contributed by atoms with E-state index in [0.717, 1.165) is 45.1 Å². The molecule has 0 aromatic carbocycles. The molecule has 7 nitrogen and oxygen atoms in total. The van der Waals surface area contributed by atoms with Crippen molar-refractivity contribution < 1.29 is 0 Å². The van der Waals surface area contributed by atoms with E-state index in [-0.39, 0.29) is 0 Å². The zero-order valence-corrected chi connectivity index (χ0v) is 14.8. The predicted octanol–water partition coefficient (Wildman–Crippen LogP) is 3.82. The monoisotopic (exact) mass is 345 g/mol. The quantitative estimate of drug-likeness (QED) is 0.521. The van der Waals surface area contributed by atoms with E-state index >= 15 is 0 Å². The number of fused-ring (bicyclic) bond motifs is 1. The number of H-pyrrole nitrogens is 1. The van der Waals surface area contributed by atoms with Crippen molar-refractivity contribution in [1.29, 1.82) is 0 Å². The lowest BCUT2D eigenvalue weighted by molar-refractivity contribution is 1.10. The summed E-state index contributed by atoms with van der Waals surface area (Å²) in [6, 6.07) is 8.03. The van der Waals surface area contributed by atoms with E-state index in [4.69, 9.17) is 0 Å². The van der Waals surface area contributed by atoms with Gasteiger partial charge in [-0.25, -0.2) is 4.98 Å². The van der Waals surface area contributed by atoms with Crippen LogP contribution in [0.3, 0.4) is 0 Å². The maximum absolute atomic E-state index is 4.52. The number of nitrogens with zero attached hydrogens (tertiary/aromatic N) is 4. The van der Waals surface area contributed by atoms with Gasteiger partial charge in [-0.3, -0.25) is 9.97 Å². The van der Waals surface area contributed by atoms with Crippen LogP contribution in [0.15, 0.2) is 42.9 Å². The average molecular weight is 345 g/mol. The number of hydrogen-bond acceptors (Lipinski definition) is 6. The number of aryl methyl sites for hydroxylation is 2. The van der Waals surface area contributed by atoms with Crippen LogP contribution in [-0.2, 0) is 0 Å². The first-order chi connectivity index (χ1) is 12.6. The third-order valence-corrected chi connectivity index (χ3v) is 4.17. The van der Waals surface area contributed by atoms with Crippen molar-refractivity contribution in [2.24, 2.45) is 0 Å². The molecule has 4 rings (SSSR count). The lowest BCUT2D eigenvalue weighted by Gasteiger charge is -2.10. The Labute approximate surface area is 151 Å². The predicted molar refractivity (Wildman–Crippen MR) is 104 cm³/mol. The van der Waals surface area contributed by atoms with Crippen molar-refractivity contribution in [2.45, 2.75) is 13.8 Å². The zero-order valence-electron chi connectivity index (χ0n) is 14.8. The molecule has 26 heavy (non-hydrogen) atoms. The van der Waals surface area contributed by atoms with Gasteiger partial charge in [0.05, 0.1) is 23.6 Å². The molecule has 0 amide bonds. The van der Waals surface area contributed by atoms with Crippen LogP contribution >= 0.6 is 0 Å². The van der Waals surface area contributed by atoms with Gasteiger partial charge in [0, 0.05) is 47.3 Å². The van der Waals surface area contributed by atoms with E-state index in [0.29, 0.717) is 5.95 Å². The summed E-state index contributed by atoms with van der Waals surface area (Å²) >= 11 is 0. The van der Waals surface area contributed by atoms with Crippen LogP contribution in [0.4, 0.5) is 17.5 Å². The Morgan fingerprint density at radius 1 is 1.04 bits per heavy atom. The van der Waals surface area contributed by atoms with Crippen LogP contribution in [-0.4, -0.2) is 32.0 Å². The van der Waals surface area contributed by atoms with E-state index in [2.05, 4.69) is 41.6 Å². The van der Waals surface area contributed by atoms with Gasteiger partial charge in [0.2, 0.25) is 5.95 Å². The lowest BCUT2D eigenvalue weighted by atomic mass is 10.1. The second kappa shape index (κ2) is 6.44. The molecule has 0 unspecified atom stereocenters.